The monoisotopic (exact) mass is 344 g/mol. The largest absolute Gasteiger partial charge is 0.491 e. The zero-order valence-corrected chi connectivity index (χ0v) is 16.0. The lowest BCUT2D eigenvalue weighted by Gasteiger charge is -2.30. The molecule has 0 bridgehead atoms. The SMILES string of the molecule is C=CCc1cc([C@@H]2N[C@](C)(CO)[C@@H]3CN(C)C[C@@H]32)ccc1OC(C)C. The second-order valence-corrected chi connectivity index (χ2v) is 8.22. The number of allylic oxidation sites excluding steroid dienone is 1. The van der Waals surface area contributed by atoms with Gasteiger partial charge in [0.15, 0.2) is 0 Å². The molecule has 2 aliphatic heterocycles. The van der Waals surface area contributed by atoms with Crippen LogP contribution in [0.3, 0.4) is 0 Å². The highest BCUT2D eigenvalue weighted by Crippen LogP contribution is 2.47. The van der Waals surface area contributed by atoms with Crippen LogP contribution < -0.4 is 10.1 Å². The molecule has 4 heteroatoms. The van der Waals surface area contributed by atoms with E-state index >= 15 is 0 Å². The molecule has 138 valence electrons. The summed E-state index contributed by atoms with van der Waals surface area (Å²) in [6.45, 7) is 12.4. The van der Waals surface area contributed by atoms with Crippen molar-refractivity contribution in [2.75, 3.05) is 26.7 Å². The minimum Gasteiger partial charge on any atom is -0.491 e. The van der Waals surface area contributed by atoms with E-state index in [9.17, 15) is 5.11 Å². The van der Waals surface area contributed by atoms with Crippen molar-refractivity contribution < 1.29 is 9.84 Å². The smallest absolute Gasteiger partial charge is 0.123 e. The van der Waals surface area contributed by atoms with Crippen molar-refractivity contribution in [1.82, 2.24) is 10.2 Å². The lowest BCUT2D eigenvalue weighted by molar-refractivity contribution is 0.145. The van der Waals surface area contributed by atoms with Crippen molar-refractivity contribution in [3.63, 3.8) is 0 Å². The molecule has 0 unspecified atom stereocenters. The highest BCUT2D eigenvalue weighted by atomic mass is 16.5. The molecule has 3 rings (SSSR count). The first-order chi connectivity index (χ1) is 11.9. The van der Waals surface area contributed by atoms with E-state index in [1.807, 2.05) is 6.08 Å². The summed E-state index contributed by atoms with van der Waals surface area (Å²) < 4.78 is 5.96. The fraction of sp³-hybridized carbons (Fsp3) is 0.619. The predicted molar refractivity (Wildman–Crippen MR) is 102 cm³/mol. The third-order valence-electron chi connectivity index (χ3n) is 5.78. The van der Waals surface area contributed by atoms with Gasteiger partial charge < -0.3 is 20.1 Å². The maximum absolute atomic E-state index is 9.99. The number of hydrogen-bond acceptors (Lipinski definition) is 4. The van der Waals surface area contributed by atoms with Crippen LogP contribution in [0.25, 0.3) is 0 Å². The first-order valence-corrected chi connectivity index (χ1v) is 9.35. The van der Waals surface area contributed by atoms with Crippen LogP contribution in [0.15, 0.2) is 30.9 Å². The number of likely N-dealkylation sites (tertiary alicyclic amines) is 1. The Kier molecular flexibility index (Phi) is 5.24. The first-order valence-electron chi connectivity index (χ1n) is 9.35. The Morgan fingerprint density at radius 2 is 2.20 bits per heavy atom. The molecule has 25 heavy (non-hydrogen) atoms. The molecule has 4 atom stereocenters. The van der Waals surface area contributed by atoms with Crippen molar-refractivity contribution in [3.8, 4) is 5.75 Å². The number of aliphatic hydroxyl groups excluding tert-OH is 1. The van der Waals surface area contributed by atoms with E-state index in [2.05, 4.69) is 62.8 Å². The van der Waals surface area contributed by atoms with Gasteiger partial charge in [-0.05, 0) is 63.3 Å². The van der Waals surface area contributed by atoms with Crippen molar-refractivity contribution in [1.29, 1.82) is 0 Å². The molecule has 0 saturated carbocycles. The van der Waals surface area contributed by atoms with Crippen molar-refractivity contribution in [2.45, 2.75) is 44.9 Å². The number of benzene rings is 1. The van der Waals surface area contributed by atoms with Crippen LogP contribution in [0.1, 0.15) is 37.9 Å². The Bertz CT molecular complexity index is 630. The van der Waals surface area contributed by atoms with Crippen molar-refractivity contribution in [2.24, 2.45) is 11.8 Å². The number of ether oxygens (including phenoxy) is 1. The van der Waals surface area contributed by atoms with Crippen molar-refractivity contribution in [3.05, 3.63) is 42.0 Å². The quantitative estimate of drug-likeness (QED) is 0.779. The number of hydrogen-bond donors (Lipinski definition) is 2. The lowest BCUT2D eigenvalue weighted by Crippen LogP contribution is -2.47. The molecule has 4 nitrogen and oxygen atoms in total. The molecule has 0 spiro atoms. The van der Waals surface area contributed by atoms with Crippen LogP contribution in [0.4, 0.5) is 0 Å². The lowest BCUT2D eigenvalue weighted by atomic mass is 9.81. The number of nitrogens with zero attached hydrogens (tertiary/aromatic N) is 1. The normalized spacial score (nSPS) is 32.2. The first kappa shape index (κ1) is 18.4. The Hall–Kier alpha value is -1.36. The van der Waals surface area contributed by atoms with Gasteiger partial charge in [-0.15, -0.1) is 6.58 Å². The van der Waals surface area contributed by atoms with Crippen LogP contribution in [-0.4, -0.2) is 48.4 Å². The van der Waals surface area contributed by atoms with E-state index in [-0.39, 0.29) is 24.3 Å². The van der Waals surface area contributed by atoms with Crippen LogP contribution in [0.5, 0.6) is 5.75 Å². The molecule has 2 saturated heterocycles. The van der Waals surface area contributed by atoms with E-state index < -0.39 is 0 Å². The van der Waals surface area contributed by atoms with Gasteiger partial charge in [-0.3, -0.25) is 0 Å². The van der Waals surface area contributed by atoms with Gasteiger partial charge in [0.05, 0.1) is 12.7 Å². The third kappa shape index (κ3) is 3.48. The van der Waals surface area contributed by atoms with Crippen LogP contribution >= 0.6 is 0 Å². The Morgan fingerprint density at radius 1 is 1.44 bits per heavy atom. The van der Waals surface area contributed by atoms with E-state index in [0.29, 0.717) is 11.8 Å². The van der Waals surface area contributed by atoms with Gasteiger partial charge in [0, 0.05) is 24.7 Å². The molecule has 0 radical (unpaired) electrons. The zero-order valence-electron chi connectivity index (χ0n) is 16.0. The fourth-order valence-electron chi connectivity index (χ4n) is 4.58. The van der Waals surface area contributed by atoms with E-state index in [1.54, 1.807) is 0 Å². The maximum Gasteiger partial charge on any atom is 0.123 e. The zero-order chi connectivity index (χ0) is 18.2. The fourth-order valence-corrected chi connectivity index (χ4v) is 4.58. The minimum atomic E-state index is -0.216. The highest BCUT2D eigenvalue weighted by Gasteiger charge is 2.53. The summed E-state index contributed by atoms with van der Waals surface area (Å²) in [5.74, 6) is 1.94. The second-order valence-electron chi connectivity index (χ2n) is 8.22. The summed E-state index contributed by atoms with van der Waals surface area (Å²) >= 11 is 0. The molecule has 2 fully saturated rings. The molecule has 0 aliphatic carbocycles. The summed E-state index contributed by atoms with van der Waals surface area (Å²) in [6.07, 6.45) is 2.89. The van der Waals surface area contributed by atoms with Crippen molar-refractivity contribution >= 4 is 0 Å². The summed E-state index contributed by atoms with van der Waals surface area (Å²) in [5.41, 5.74) is 2.25. The molecule has 1 aromatic carbocycles. The Labute approximate surface area is 151 Å². The predicted octanol–water partition coefficient (Wildman–Crippen LogP) is 2.78. The van der Waals surface area contributed by atoms with Crippen LogP contribution in [0, 0.1) is 11.8 Å². The van der Waals surface area contributed by atoms with Gasteiger partial charge in [-0.25, -0.2) is 0 Å². The number of rotatable bonds is 6. The minimum absolute atomic E-state index is 0.157. The van der Waals surface area contributed by atoms with Crippen LogP contribution in [0.2, 0.25) is 0 Å². The molecule has 2 N–H and O–H groups in total. The average Bonchev–Trinajstić information content (AvgIpc) is 3.07. The standard InChI is InChI=1S/C21H32N2O2/c1-6-7-15-10-16(8-9-19(15)25-14(2)3)20-17-11-23(5)12-18(17)21(4,13-24)22-20/h6,8-10,14,17-18,20,22,24H,1,7,11-13H2,2-5H3/t17-,18+,20-,21+/m0/s1. The van der Waals surface area contributed by atoms with Gasteiger partial charge in [-0.1, -0.05) is 18.2 Å². The number of fused-ring (bicyclic) bond motifs is 1. The van der Waals surface area contributed by atoms with Gasteiger partial charge in [0.25, 0.3) is 0 Å². The average molecular weight is 344 g/mol. The number of nitrogens with one attached hydrogen (secondary N) is 1. The molecular weight excluding hydrogens is 312 g/mol. The van der Waals surface area contributed by atoms with Crippen LogP contribution in [-0.2, 0) is 6.42 Å². The summed E-state index contributed by atoms with van der Waals surface area (Å²) in [6, 6.07) is 6.80. The maximum atomic E-state index is 9.99. The van der Waals surface area contributed by atoms with E-state index in [1.165, 1.54) is 11.1 Å². The summed E-state index contributed by atoms with van der Waals surface area (Å²) in [4.78, 5) is 2.39. The highest BCUT2D eigenvalue weighted by molar-refractivity contribution is 5.41. The van der Waals surface area contributed by atoms with Gasteiger partial charge in [0.2, 0.25) is 0 Å². The molecular formula is C21H32N2O2. The number of aliphatic hydroxyl groups is 1. The molecule has 1 aromatic rings. The third-order valence-corrected chi connectivity index (χ3v) is 5.78. The topological polar surface area (TPSA) is 44.7 Å². The van der Waals surface area contributed by atoms with E-state index in [4.69, 9.17) is 4.74 Å². The van der Waals surface area contributed by atoms with Gasteiger partial charge >= 0.3 is 0 Å². The molecule has 2 aliphatic rings. The summed E-state index contributed by atoms with van der Waals surface area (Å²) in [5, 5.41) is 13.7. The van der Waals surface area contributed by atoms with E-state index in [0.717, 1.165) is 25.3 Å². The molecule has 0 amide bonds. The Balaban J connectivity index is 1.93. The summed E-state index contributed by atoms with van der Waals surface area (Å²) in [7, 11) is 2.18. The van der Waals surface area contributed by atoms with Gasteiger partial charge in [-0.2, -0.15) is 0 Å². The second kappa shape index (κ2) is 7.10. The van der Waals surface area contributed by atoms with Gasteiger partial charge in [0.1, 0.15) is 5.75 Å². The Morgan fingerprint density at radius 3 is 2.84 bits per heavy atom. The molecule has 0 aromatic heterocycles. The molecule has 2 heterocycles.